The van der Waals surface area contributed by atoms with Gasteiger partial charge in [-0.3, -0.25) is 0 Å². The molecule has 0 saturated heterocycles. The number of anilines is 4. The Bertz CT molecular complexity index is 767. The number of benzene rings is 2. The molecule has 0 fully saturated rings. The number of hydrogen-bond acceptors (Lipinski definition) is 4. The Morgan fingerprint density at radius 3 is 2.00 bits per heavy atom. The summed E-state index contributed by atoms with van der Waals surface area (Å²) >= 11 is 3.47. The SMILES string of the molecule is Cc1cccc(Nc2cc(Nc3cccc(Br)c3)nc(C)n2)c1. The third-order valence-electron chi connectivity index (χ3n) is 3.23. The van der Waals surface area contributed by atoms with Gasteiger partial charge in [0.2, 0.25) is 0 Å². The highest BCUT2D eigenvalue weighted by atomic mass is 79.9. The maximum atomic E-state index is 4.45. The van der Waals surface area contributed by atoms with E-state index >= 15 is 0 Å². The van der Waals surface area contributed by atoms with Crippen molar-refractivity contribution in [2.45, 2.75) is 13.8 Å². The molecule has 0 bridgehead atoms. The van der Waals surface area contributed by atoms with E-state index in [9.17, 15) is 0 Å². The molecule has 0 aliphatic heterocycles. The van der Waals surface area contributed by atoms with Crippen LogP contribution in [0.3, 0.4) is 0 Å². The van der Waals surface area contributed by atoms with Gasteiger partial charge in [0.15, 0.2) is 0 Å². The van der Waals surface area contributed by atoms with E-state index in [-0.39, 0.29) is 0 Å². The number of nitrogens with one attached hydrogen (secondary N) is 2. The second-order valence-electron chi connectivity index (χ2n) is 5.32. The molecule has 0 aliphatic carbocycles. The summed E-state index contributed by atoms with van der Waals surface area (Å²) in [6.07, 6.45) is 0. The summed E-state index contributed by atoms with van der Waals surface area (Å²) in [5, 5.41) is 6.62. The molecule has 0 atom stereocenters. The second-order valence-corrected chi connectivity index (χ2v) is 6.23. The van der Waals surface area contributed by atoms with Crippen LogP contribution in [0.15, 0.2) is 59.1 Å². The van der Waals surface area contributed by atoms with Crippen molar-refractivity contribution >= 4 is 38.9 Å². The summed E-state index contributed by atoms with van der Waals surface area (Å²) in [4.78, 5) is 8.89. The molecule has 1 heterocycles. The Kier molecular flexibility index (Phi) is 4.57. The van der Waals surface area contributed by atoms with Gasteiger partial charge in [-0.15, -0.1) is 0 Å². The minimum Gasteiger partial charge on any atom is -0.340 e. The molecule has 5 heteroatoms. The Morgan fingerprint density at radius 1 is 0.783 bits per heavy atom. The van der Waals surface area contributed by atoms with Crippen LogP contribution in [0.4, 0.5) is 23.0 Å². The van der Waals surface area contributed by atoms with Gasteiger partial charge in [0.25, 0.3) is 0 Å². The lowest BCUT2D eigenvalue weighted by Gasteiger charge is -2.11. The fourth-order valence-electron chi connectivity index (χ4n) is 2.28. The Hall–Kier alpha value is -2.40. The van der Waals surface area contributed by atoms with Crippen molar-refractivity contribution in [2.24, 2.45) is 0 Å². The van der Waals surface area contributed by atoms with Crippen LogP contribution in [0.25, 0.3) is 0 Å². The molecule has 0 unspecified atom stereocenters. The molecular formula is C18H17BrN4. The average Bonchev–Trinajstić information content (AvgIpc) is 2.46. The highest BCUT2D eigenvalue weighted by molar-refractivity contribution is 9.10. The van der Waals surface area contributed by atoms with Gasteiger partial charge in [0, 0.05) is 21.9 Å². The first kappa shape index (κ1) is 15.5. The molecule has 3 rings (SSSR count). The molecule has 0 radical (unpaired) electrons. The summed E-state index contributed by atoms with van der Waals surface area (Å²) in [7, 11) is 0. The highest BCUT2D eigenvalue weighted by Gasteiger charge is 2.04. The van der Waals surface area contributed by atoms with Gasteiger partial charge in [-0.1, -0.05) is 34.1 Å². The first-order valence-electron chi connectivity index (χ1n) is 7.30. The minimum absolute atomic E-state index is 0.708. The van der Waals surface area contributed by atoms with E-state index in [1.165, 1.54) is 5.56 Å². The van der Waals surface area contributed by atoms with Gasteiger partial charge >= 0.3 is 0 Å². The number of aryl methyl sites for hydroxylation is 2. The topological polar surface area (TPSA) is 49.8 Å². The molecule has 0 amide bonds. The summed E-state index contributed by atoms with van der Waals surface area (Å²) < 4.78 is 1.02. The van der Waals surface area contributed by atoms with E-state index in [0.717, 1.165) is 27.5 Å². The van der Waals surface area contributed by atoms with Gasteiger partial charge in [-0.25, -0.2) is 9.97 Å². The summed E-state index contributed by atoms with van der Waals surface area (Å²) in [5.74, 6) is 2.23. The van der Waals surface area contributed by atoms with Crippen molar-refractivity contribution < 1.29 is 0 Å². The Morgan fingerprint density at radius 2 is 1.39 bits per heavy atom. The molecule has 3 aromatic rings. The highest BCUT2D eigenvalue weighted by Crippen LogP contribution is 2.22. The summed E-state index contributed by atoms with van der Waals surface area (Å²) in [6.45, 7) is 3.95. The zero-order valence-corrected chi connectivity index (χ0v) is 14.6. The van der Waals surface area contributed by atoms with Crippen molar-refractivity contribution in [3.05, 3.63) is 70.5 Å². The first-order valence-corrected chi connectivity index (χ1v) is 8.10. The molecular weight excluding hydrogens is 352 g/mol. The van der Waals surface area contributed by atoms with Gasteiger partial charge in [0.05, 0.1) is 0 Å². The smallest absolute Gasteiger partial charge is 0.136 e. The predicted molar refractivity (Wildman–Crippen MR) is 98.7 cm³/mol. The van der Waals surface area contributed by atoms with E-state index < -0.39 is 0 Å². The van der Waals surface area contributed by atoms with Crippen molar-refractivity contribution in [3.63, 3.8) is 0 Å². The van der Waals surface area contributed by atoms with Crippen LogP contribution >= 0.6 is 15.9 Å². The molecule has 0 spiro atoms. The quantitative estimate of drug-likeness (QED) is 0.652. The fraction of sp³-hybridized carbons (Fsp3) is 0.111. The Labute approximate surface area is 144 Å². The number of halogens is 1. The zero-order valence-electron chi connectivity index (χ0n) is 13.0. The average molecular weight is 369 g/mol. The lowest BCUT2D eigenvalue weighted by atomic mass is 10.2. The molecule has 0 saturated carbocycles. The summed E-state index contributed by atoms with van der Waals surface area (Å²) in [5.41, 5.74) is 3.18. The van der Waals surface area contributed by atoms with Gasteiger partial charge in [-0.05, 0) is 49.7 Å². The van der Waals surface area contributed by atoms with E-state index in [4.69, 9.17) is 0 Å². The molecule has 2 N–H and O–H groups in total. The second kappa shape index (κ2) is 6.79. The van der Waals surface area contributed by atoms with Gasteiger partial charge in [-0.2, -0.15) is 0 Å². The van der Waals surface area contributed by atoms with Crippen molar-refractivity contribution in [2.75, 3.05) is 10.6 Å². The van der Waals surface area contributed by atoms with Crippen LogP contribution in [0.2, 0.25) is 0 Å². The molecule has 0 aliphatic rings. The number of rotatable bonds is 4. The number of hydrogen-bond donors (Lipinski definition) is 2. The molecule has 1 aromatic heterocycles. The molecule has 4 nitrogen and oxygen atoms in total. The van der Waals surface area contributed by atoms with Gasteiger partial charge in [0.1, 0.15) is 17.5 Å². The zero-order chi connectivity index (χ0) is 16.2. The van der Waals surface area contributed by atoms with E-state index in [1.54, 1.807) is 0 Å². The van der Waals surface area contributed by atoms with E-state index in [1.807, 2.05) is 49.4 Å². The molecule has 23 heavy (non-hydrogen) atoms. The number of nitrogens with zero attached hydrogens (tertiary/aromatic N) is 2. The van der Waals surface area contributed by atoms with Crippen molar-refractivity contribution in [1.29, 1.82) is 0 Å². The normalized spacial score (nSPS) is 10.4. The van der Waals surface area contributed by atoms with Crippen molar-refractivity contribution in [3.8, 4) is 0 Å². The minimum atomic E-state index is 0.708. The van der Waals surface area contributed by atoms with Crippen LogP contribution in [-0.2, 0) is 0 Å². The predicted octanol–water partition coefficient (Wildman–Crippen LogP) is 5.34. The maximum absolute atomic E-state index is 4.45. The first-order chi connectivity index (χ1) is 11.1. The molecule has 2 aromatic carbocycles. The number of aromatic nitrogens is 2. The third-order valence-corrected chi connectivity index (χ3v) is 3.72. The largest absolute Gasteiger partial charge is 0.340 e. The fourth-order valence-corrected chi connectivity index (χ4v) is 2.68. The maximum Gasteiger partial charge on any atom is 0.136 e. The van der Waals surface area contributed by atoms with Crippen LogP contribution in [0.5, 0.6) is 0 Å². The van der Waals surface area contributed by atoms with Crippen LogP contribution in [-0.4, -0.2) is 9.97 Å². The lowest BCUT2D eigenvalue weighted by Crippen LogP contribution is -2.01. The lowest BCUT2D eigenvalue weighted by molar-refractivity contribution is 1.06. The van der Waals surface area contributed by atoms with Crippen molar-refractivity contribution in [1.82, 2.24) is 9.97 Å². The van der Waals surface area contributed by atoms with Crippen LogP contribution in [0, 0.1) is 13.8 Å². The van der Waals surface area contributed by atoms with Gasteiger partial charge < -0.3 is 10.6 Å². The summed E-state index contributed by atoms with van der Waals surface area (Å²) in [6, 6.07) is 18.1. The molecule has 116 valence electrons. The Balaban J connectivity index is 1.84. The third kappa shape index (κ3) is 4.29. The van der Waals surface area contributed by atoms with Crippen LogP contribution < -0.4 is 10.6 Å². The van der Waals surface area contributed by atoms with E-state index in [2.05, 4.69) is 55.6 Å². The van der Waals surface area contributed by atoms with Crippen LogP contribution in [0.1, 0.15) is 11.4 Å². The monoisotopic (exact) mass is 368 g/mol. The standard InChI is InChI=1S/C18H17BrN4/c1-12-5-3-7-15(9-12)22-17-11-18(21-13(2)20-17)23-16-8-4-6-14(19)10-16/h3-11H,1-2H3,(H2,20,21,22,23). The van der Waals surface area contributed by atoms with E-state index in [0.29, 0.717) is 5.82 Å².